The summed E-state index contributed by atoms with van der Waals surface area (Å²) in [6, 6.07) is 5.40. The summed E-state index contributed by atoms with van der Waals surface area (Å²) in [6.45, 7) is 0. The molecule has 0 fully saturated rings. The number of benzene rings is 1. The zero-order valence-electron chi connectivity index (χ0n) is 10.2. The van der Waals surface area contributed by atoms with Crippen LogP contribution in [0.4, 0.5) is 18.9 Å². The molecule has 0 aliphatic carbocycles. The average Bonchev–Trinajstić information content (AvgIpc) is 2.40. The lowest BCUT2D eigenvalue weighted by atomic mass is 10.2. The molecule has 3 nitrogen and oxygen atoms in total. The van der Waals surface area contributed by atoms with Gasteiger partial charge in [0, 0.05) is 11.2 Å². The Morgan fingerprint density at radius 3 is 2.48 bits per heavy atom. The molecule has 2 rings (SSSR count). The quantitative estimate of drug-likeness (QED) is 0.867. The van der Waals surface area contributed by atoms with E-state index >= 15 is 0 Å². The molecule has 2 aromatic rings. The van der Waals surface area contributed by atoms with E-state index in [-0.39, 0.29) is 21.4 Å². The Morgan fingerprint density at radius 1 is 1.14 bits per heavy atom. The van der Waals surface area contributed by atoms with Crippen LogP contribution in [-0.2, 0) is 6.18 Å². The highest BCUT2D eigenvalue weighted by molar-refractivity contribution is 6.34. The van der Waals surface area contributed by atoms with Crippen LogP contribution >= 0.6 is 23.2 Å². The molecule has 0 atom stereocenters. The number of rotatable bonds is 2. The van der Waals surface area contributed by atoms with Gasteiger partial charge in [-0.15, -0.1) is 0 Å². The van der Waals surface area contributed by atoms with Crippen LogP contribution in [0.2, 0.25) is 10.0 Å². The highest BCUT2D eigenvalue weighted by atomic mass is 35.5. The predicted molar refractivity (Wildman–Crippen MR) is 73.7 cm³/mol. The van der Waals surface area contributed by atoms with Crippen LogP contribution in [0.15, 0.2) is 36.5 Å². The molecule has 0 saturated heterocycles. The second kappa shape index (κ2) is 5.91. The molecule has 1 heterocycles. The highest BCUT2D eigenvalue weighted by Crippen LogP contribution is 2.33. The van der Waals surface area contributed by atoms with E-state index < -0.39 is 17.6 Å². The van der Waals surface area contributed by atoms with E-state index in [4.69, 9.17) is 23.2 Å². The van der Waals surface area contributed by atoms with E-state index in [9.17, 15) is 18.0 Å². The van der Waals surface area contributed by atoms with Crippen molar-refractivity contribution in [1.29, 1.82) is 0 Å². The molecule has 1 N–H and O–H groups in total. The monoisotopic (exact) mass is 334 g/mol. The first kappa shape index (κ1) is 15.6. The summed E-state index contributed by atoms with van der Waals surface area (Å²) < 4.78 is 37.9. The molecule has 0 saturated carbocycles. The molecule has 0 aliphatic rings. The smallest absolute Gasteiger partial charge is 0.319 e. The SMILES string of the molecule is O=C(Nc1cc(C(F)(F)F)ccc1Cl)c1cc(Cl)ccn1. The average molecular weight is 335 g/mol. The van der Waals surface area contributed by atoms with E-state index in [1.807, 2.05) is 0 Å². The maximum atomic E-state index is 12.6. The van der Waals surface area contributed by atoms with E-state index in [0.29, 0.717) is 0 Å². The van der Waals surface area contributed by atoms with Gasteiger partial charge in [-0.3, -0.25) is 9.78 Å². The molecule has 0 spiro atoms. The summed E-state index contributed by atoms with van der Waals surface area (Å²) >= 11 is 11.5. The van der Waals surface area contributed by atoms with Gasteiger partial charge in [0.05, 0.1) is 16.3 Å². The highest BCUT2D eigenvalue weighted by Gasteiger charge is 2.31. The molecule has 8 heteroatoms. The Hall–Kier alpha value is -1.79. The molecule has 0 unspecified atom stereocenters. The van der Waals surface area contributed by atoms with Crippen LogP contribution in [0.5, 0.6) is 0 Å². The fraction of sp³-hybridized carbons (Fsp3) is 0.0769. The van der Waals surface area contributed by atoms with Gasteiger partial charge in [-0.05, 0) is 30.3 Å². The molecule has 0 aliphatic heterocycles. The molecule has 21 heavy (non-hydrogen) atoms. The minimum atomic E-state index is -4.53. The number of alkyl halides is 3. The van der Waals surface area contributed by atoms with E-state index in [2.05, 4.69) is 10.3 Å². The van der Waals surface area contributed by atoms with Crippen LogP contribution in [0, 0.1) is 0 Å². The summed E-state index contributed by atoms with van der Waals surface area (Å²) in [6.07, 6.45) is -3.22. The number of carbonyl (C=O) groups is 1. The van der Waals surface area contributed by atoms with Crippen molar-refractivity contribution in [2.45, 2.75) is 6.18 Å². The Labute approximate surface area is 127 Å². The van der Waals surface area contributed by atoms with Crippen molar-refractivity contribution in [3.05, 3.63) is 57.8 Å². The maximum Gasteiger partial charge on any atom is 0.416 e. The van der Waals surface area contributed by atoms with Crippen molar-refractivity contribution in [2.75, 3.05) is 5.32 Å². The maximum absolute atomic E-state index is 12.6. The Bertz CT molecular complexity index is 689. The van der Waals surface area contributed by atoms with Crippen molar-refractivity contribution in [3.63, 3.8) is 0 Å². The number of anilines is 1. The van der Waals surface area contributed by atoms with Gasteiger partial charge in [0.25, 0.3) is 5.91 Å². The number of pyridine rings is 1. The van der Waals surface area contributed by atoms with Crippen LogP contribution in [-0.4, -0.2) is 10.9 Å². The summed E-state index contributed by atoms with van der Waals surface area (Å²) in [5.41, 5.74) is -1.10. The number of halogens is 5. The van der Waals surface area contributed by atoms with Gasteiger partial charge in [-0.2, -0.15) is 13.2 Å². The minimum Gasteiger partial charge on any atom is -0.319 e. The van der Waals surface area contributed by atoms with Crippen LogP contribution < -0.4 is 5.32 Å². The second-order valence-electron chi connectivity index (χ2n) is 4.01. The molecule has 0 radical (unpaired) electrons. The predicted octanol–water partition coefficient (Wildman–Crippen LogP) is 4.66. The number of nitrogens with zero attached hydrogens (tertiary/aromatic N) is 1. The number of hydrogen-bond acceptors (Lipinski definition) is 2. The number of carbonyl (C=O) groups excluding carboxylic acids is 1. The second-order valence-corrected chi connectivity index (χ2v) is 4.85. The molecule has 0 bridgehead atoms. The third kappa shape index (κ3) is 3.86. The van der Waals surface area contributed by atoms with Crippen molar-refractivity contribution < 1.29 is 18.0 Å². The Balaban J connectivity index is 2.29. The van der Waals surface area contributed by atoms with E-state index in [0.717, 1.165) is 18.2 Å². The summed E-state index contributed by atoms with van der Waals surface area (Å²) in [7, 11) is 0. The lowest BCUT2D eigenvalue weighted by Crippen LogP contribution is -2.15. The standard InChI is InChI=1S/C13H7Cl2F3N2O/c14-8-3-4-19-11(6-8)12(21)20-10-5-7(13(16,17)18)1-2-9(10)15/h1-6H,(H,20,21). The molecular formula is C13H7Cl2F3N2O. The zero-order valence-corrected chi connectivity index (χ0v) is 11.7. The van der Waals surface area contributed by atoms with Crippen molar-refractivity contribution in [1.82, 2.24) is 4.98 Å². The topological polar surface area (TPSA) is 42.0 Å². The van der Waals surface area contributed by atoms with Gasteiger partial charge in [0.2, 0.25) is 0 Å². The normalized spacial score (nSPS) is 11.3. The minimum absolute atomic E-state index is 0.0154. The summed E-state index contributed by atoms with van der Waals surface area (Å²) in [5.74, 6) is -0.710. The fourth-order valence-electron chi connectivity index (χ4n) is 1.51. The number of aromatic nitrogens is 1. The molecule has 1 aromatic carbocycles. The Morgan fingerprint density at radius 2 is 1.86 bits per heavy atom. The van der Waals surface area contributed by atoms with Crippen molar-refractivity contribution >= 4 is 34.8 Å². The third-order valence-corrected chi connectivity index (χ3v) is 3.06. The van der Waals surface area contributed by atoms with Crippen LogP contribution in [0.3, 0.4) is 0 Å². The lowest BCUT2D eigenvalue weighted by molar-refractivity contribution is -0.137. The van der Waals surface area contributed by atoms with Gasteiger partial charge >= 0.3 is 6.18 Å². The van der Waals surface area contributed by atoms with E-state index in [1.54, 1.807) is 0 Å². The molecule has 110 valence electrons. The van der Waals surface area contributed by atoms with Crippen molar-refractivity contribution in [2.24, 2.45) is 0 Å². The zero-order chi connectivity index (χ0) is 15.6. The molecule has 1 amide bonds. The Kier molecular flexibility index (Phi) is 4.39. The number of amides is 1. The molecule has 1 aromatic heterocycles. The van der Waals surface area contributed by atoms with Gasteiger partial charge in [-0.25, -0.2) is 0 Å². The van der Waals surface area contributed by atoms with Gasteiger partial charge < -0.3 is 5.32 Å². The van der Waals surface area contributed by atoms with Crippen LogP contribution in [0.1, 0.15) is 16.1 Å². The summed E-state index contributed by atoms with van der Waals surface area (Å²) in [4.78, 5) is 15.7. The largest absolute Gasteiger partial charge is 0.416 e. The van der Waals surface area contributed by atoms with Gasteiger partial charge in [0.15, 0.2) is 0 Å². The lowest BCUT2D eigenvalue weighted by Gasteiger charge is -2.11. The fourth-order valence-corrected chi connectivity index (χ4v) is 1.84. The first-order valence-electron chi connectivity index (χ1n) is 5.57. The molecular weight excluding hydrogens is 328 g/mol. The summed E-state index contributed by atoms with van der Waals surface area (Å²) in [5, 5.41) is 2.54. The van der Waals surface area contributed by atoms with Crippen molar-refractivity contribution in [3.8, 4) is 0 Å². The number of nitrogens with one attached hydrogen (secondary N) is 1. The first-order valence-corrected chi connectivity index (χ1v) is 6.32. The third-order valence-electron chi connectivity index (χ3n) is 2.50. The van der Waals surface area contributed by atoms with Gasteiger partial charge in [0.1, 0.15) is 5.69 Å². The first-order chi connectivity index (χ1) is 9.77. The van der Waals surface area contributed by atoms with Gasteiger partial charge in [-0.1, -0.05) is 23.2 Å². The number of hydrogen-bond donors (Lipinski definition) is 1. The van der Waals surface area contributed by atoms with Crippen LogP contribution in [0.25, 0.3) is 0 Å². The van der Waals surface area contributed by atoms with E-state index in [1.165, 1.54) is 18.3 Å².